The molecule has 0 aliphatic heterocycles. The lowest BCUT2D eigenvalue weighted by Crippen LogP contribution is -2.28. The summed E-state index contributed by atoms with van der Waals surface area (Å²) in [6.07, 6.45) is 0.239. The molecule has 0 saturated carbocycles. The third-order valence-corrected chi connectivity index (χ3v) is 1.86. The number of aromatic nitrogens is 1. The molecule has 0 aliphatic rings. The molecule has 82 valence electrons. The van der Waals surface area contributed by atoms with Gasteiger partial charge in [-0.1, -0.05) is 0 Å². The van der Waals surface area contributed by atoms with Gasteiger partial charge in [-0.3, -0.25) is 4.79 Å². The number of carbonyl (C=O) groups is 1. The lowest BCUT2D eigenvalue weighted by atomic mass is 10.2. The molecule has 0 spiro atoms. The van der Waals surface area contributed by atoms with Crippen molar-refractivity contribution in [2.24, 2.45) is 0 Å². The maximum Gasteiger partial charge on any atom is 0.335 e. The van der Waals surface area contributed by atoms with E-state index < -0.39 is 24.2 Å². The molecule has 0 aliphatic carbocycles. The first kappa shape index (κ1) is 11.4. The van der Waals surface area contributed by atoms with E-state index in [0.717, 1.165) is 10.6 Å². The van der Waals surface area contributed by atoms with Gasteiger partial charge in [-0.2, -0.15) is 0 Å². The number of carboxylic acids is 1. The summed E-state index contributed by atoms with van der Waals surface area (Å²) in [6, 6.07) is 2.22. The number of aromatic carboxylic acids is 1. The van der Waals surface area contributed by atoms with Crippen molar-refractivity contribution in [3.05, 3.63) is 34.2 Å². The number of nitrogens with zero attached hydrogens (tertiary/aromatic N) is 1. The van der Waals surface area contributed by atoms with Gasteiger partial charge in [0.05, 0.1) is 24.8 Å². The fourth-order valence-corrected chi connectivity index (χ4v) is 1.08. The van der Waals surface area contributed by atoms with Crippen LogP contribution in [0.4, 0.5) is 0 Å². The van der Waals surface area contributed by atoms with Crippen molar-refractivity contribution in [1.82, 2.24) is 4.57 Å². The SMILES string of the molecule is O=C(O)c1ccn(CC(O)CO)c(=O)c1. The zero-order valence-electron chi connectivity index (χ0n) is 7.83. The molecule has 1 heterocycles. The van der Waals surface area contributed by atoms with E-state index in [4.69, 9.17) is 15.3 Å². The van der Waals surface area contributed by atoms with Crippen LogP contribution in [0.3, 0.4) is 0 Å². The Kier molecular flexibility index (Phi) is 3.59. The summed E-state index contributed by atoms with van der Waals surface area (Å²) in [7, 11) is 0. The van der Waals surface area contributed by atoms with Gasteiger partial charge in [-0.15, -0.1) is 0 Å². The molecule has 0 aromatic carbocycles. The molecular weight excluding hydrogens is 202 g/mol. The van der Waals surface area contributed by atoms with E-state index in [1.807, 2.05) is 0 Å². The average molecular weight is 213 g/mol. The lowest BCUT2D eigenvalue weighted by molar-refractivity contribution is 0.0695. The topological polar surface area (TPSA) is 99.8 Å². The Morgan fingerprint density at radius 3 is 2.67 bits per heavy atom. The Morgan fingerprint density at radius 2 is 2.20 bits per heavy atom. The second-order valence-corrected chi connectivity index (χ2v) is 3.05. The summed E-state index contributed by atoms with van der Waals surface area (Å²) in [6.45, 7) is -0.512. The summed E-state index contributed by atoms with van der Waals surface area (Å²) in [5.41, 5.74) is -0.628. The fourth-order valence-electron chi connectivity index (χ4n) is 1.08. The third-order valence-electron chi connectivity index (χ3n) is 1.86. The van der Waals surface area contributed by atoms with Gasteiger partial charge in [0.1, 0.15) is 0 Å². The van der Waals surface area contributed by atoms with Crippen LogP contribution in [0.1, 0.15) is 10.4 Å². The highest BCUT2D eigenvalue weighted by atomic mass is 16.4. The van der Waals surface area contributed by atoms with Crippen molar-refractivity contribution < 1.29 is 20.1 Å². The van der Waals surface area contributed by atoms with Gasteiger partial charge in [0.25, 0.3) is 5.56 Å². The average Bonchev–Trinajstić information content (AvgIpc) is 2.20. The molecule has 6 nitrogen and oxygen atoms in total. The highest BCUT2D eigenvalue weighted by Crippen LogP contribution is 1.95. The first-order valence-electron chi connectivity index (χ1n) is 4.27. The quantitative estimate of drug-likeness (QED) is 0.589. The summed E-state index contributed by atoms with van der Waals surface area (Å²) in [4.78, 5) is 21.8. The molecule has 1 atom stereocenters. The molecule has 1 rings (SSSR count). The number of hydrogen-bond acceptors (Lipinski definition) is 4. The molecule has 6 heteroatoms. The maximum atomic E-state index is 11.3. The van der Waals surface area contributed by atoms with Crippen molar-refractivity contribution in [1.29, 1.82) is 0 Å². The first-order valence-corrected chi connectivity index (χ1v) is 4.27. The molecule has 3 N–H and O–H groups in total. The van der Waals surface area contributed by atoms with Gasteiger partial charge in [0, 0.05) is 12.3 Å². The summed E-state index contributed by atoms with van der Waals surface area (Å²) < 4.78 is 1.13. The second kappa shape index (κ2) is 4.72. The summed E-state index contributed by atoms with van der Waals surface area (Å²) >= 11 is 0. The molecule has 0 fully saturated rings. The zero-order chi connectivity index (χ0) is 11.4. The molecule has 1 aromatic rings. The van der Waals surface area contributed by atoms with Crippen LogP contribution >= 0.6 is 0 Å². The van der Waals surface area contributed by atoms with Crippen molar-refractivity contribution in [3.8, 4) is 0 Å². The van der Waals surface area contributed by atoms with Gasteiger partial charge in [-0.05, 0) is 6.07 Å². The largest absolute Gasteiger partial charge is 0.478 e. The standard InChI is InChI=1S/C9H11NO5/c11-5-7(12)4-10-2-1-6(9(14)15)3-8(10)13/h1-3,7,11-12H,4-5H2,(H,14,15). The Balaban J connectivity index is 2.94. The minimum Gasteiger partial charge on any atom is -0.478 e. The van der Waals surface area contributed by atoms with Crippen LogP contribution in [-0.4, -0.2) is 38.6 Å². The van der Waals surface area contributed by atoms with Crippen LogP contribution in [-0.2, 0) is 6.54 Å². The van der Waals surface area contributed by atoms with Crippen LogP contribution in [0.5, 0.6) is 0 Å². The van der Waals surface area contributed by atoms with Crippen LogP contribution in [0.2, 0.25) is 0 Å². The maximum absolute atomic E-state index is 11.3. The van der Waals surface area contributed by atoms with E-state index >= 15 is 0 Å². The fraction of sp³-hybridized carbons (Fsp3) is 0.333. The van der Waals surface area contributed by atoms with Crippen LogP contribution < -0.4 is 5.56 Å². The normalized spacial score (nSPS) is 12.4. The van der Waals surface area contributed by atoms with E-state index in [1.54, 1.807) is 0 Å². The Hall–Kier alpha value is -1.66. The van der Waals surface area contributed by atoms with Crippen molar-refractivity contribution in [2.75, 3.05) is 6.61 Å². The molecule has 1 aromatic heterocycles. The number of hydrogen-bond donors (Lipinski definition) is 3. The summed E-state index contributed by atoms with van der Waals surface area (Å²) in [5.74, 6) is -1.18. The lowest BCUT2D eigenvalue weighted by Gasteiger charge is -2.09. The van der Waals surface area contributed by atoms with Crippen molar-refractivity contribution in [2.45, 2.75) is 12.6 Å². The van der Waals surface area contributed by atoms with E-state index in [2.05, 4.69) is 0 Å². The zero-order valence-corrected chi connectivity index (χ0v) is 7.83. The van der Waals surface area contributed by atoms with Crippen molar-refractivity contribution in [3.63, 3.8) is 0 Å². The van der Waals surface area contributed by atoms with Gasteiger partial charge in [-0.25, -0.2) is 4.79 Å². The third kappa shape index (κ3) is 2.90. The van der Waals surface area contributed by atoms with E-state index in [1.165, 1.54) is 12.3 Å². The van der Waals surface area contributed by atoms with Crippen LogP contribution in [0.15, 0.2) is 23.1 Å². The molecule has 15 heavy (non-hydrogen) atoms. The Morgan fingerprint density at radius 1 is 1.53 bits per heavy atom. The molecule has 0 radical (unpaired) electrons. The molecule has 0 saturated heterocycles. The number of rotatable bonds is 4. The Bertz CT molecular complexity index is 411. The Labute approximate surface area is 85.0 Å². The monoisotopic (exact) mass is 213 g/mol. The second-order valence-electron chi connectivity index (χ2n) is 3.05. The highest BCUT2D eigenvalue weighted by Gasteiger charge is 2.07. The minimum absolute atomic E-state index is 0.0603. The number of aliphatic hydroxyl groups is 2. The smallest absolute Gasteiger partial charge is 0.335 e. The van der Waals surface area contributed by atoms with Crippen LogP contribution in [0.25, 0.3) is 0 Å². The van der Waals surface area contributed by atoms with Gasteiger partial charge in [0.15, 0.2) is 0 Å². The molecule has 1 unspecified atom stereocenters. The molecule has 0 amide bonds. The predicted octanol–water partition coefficient (Wildman–Crippen LogP) is -1.10. The number of carboxylic acid groups (broad SMARTS) is 1. The number of pyridine rings is 1. The molecular formula is C9H11NO5. The van der Waals surface area contributed by atoms with E-state index in [-0.39, 0.29) is 12.1 Å². The summed E-state index contributed by atoms with van der Waals surface area (Å²) in [5, 5.41) is 26.2. The number of aliphatic hydroxyl groups excluding tert-OH is 2. The van der Waals surface area contributed by atoms with Crippen LogP contribution in [0, 0.1) is 0 Å². The first-order chi connectivity index (χ1) is 7.04. The van der Waals surface area contributed by atoms with E-state index in [0.29, 0.717) is 0 Å². The van der Waals surface area contributed by atoms with Crippen molar-refractivity contribution >= 4 is 5.97 Å². The molecule has 0 bridgehead atoms. The van der Waals surface area contributed by atoms with Gasteiger partial charge < -0.3 is 19.9 Å². The predicted molar refractivity (Wildman–Crippen MR) is 50.8 cm³/mol. The van der Waals surface area contributed by atoms with E-state index in [9.17, 15) is 9.59 Å². The van der Waals surface area contributed by atoms with Gasteiger partial charge in [0.2, 0.25) is 0 Å². The van der Waals surface area contributed by atoms with Gasteiger partial charge >= 0.3 is 5.97 Å². The minimum atomic E-state index is -1.18. The highest BCUT2D eigenvalue weighted by molar-refractivity contribution is 5.87.